The van der Waals surface area contributed by atoms with Crippen LogP contribution in [-0.4, -0.2) is 22.3 Å². The van der Waals surface area contributed by atoms with Gasteiger partial charge in [-0.2, -0.15) is 0 Å². The average Bonchev–Trinajstić information content (AvgIpc) is 3.45. The molecular weight excluding hydrogens is 484 g/mol. The zero-order chi connectivity index (χ0) is 28.6. The molecular formula is C33H50N4O2. The number of amides is 2. The van der Waals surface area contributed by atoms with Gasteiger partial charge in [0.1, 0.15) is 5.82 Å². The molecule has 0 saturated heterocycles. The molecule has 1 heterocycles. The van der Waals surface area contributed by atoms with Crippen molar-refractivity contribution in [2.24, 2.45) is 17.8 Å². The Morgan fingerprint density at radius 3 is 1.95 bits per heavy atom. The van der Waals surface area contributed by atoms with Crippen molar-refractivity contribution in [2.45, 2.75) is 99.3 Å². The number of aromatic amines is 1. The number of hydrogen-bond donors (Lipinski definition) is 3. The molecule has 5 rings (SSSR count). The molecule has 3 aromatic rings. The van der Waals surface area contributed by atoms with Gasteiger partial charge in [-0.25, -0.2) is 4.98 Å². The van der Waals surface area contributed by atoms with Crippen LogP contribution in [0.5, 0.6) is 0 Å². The standard InChI is InChI=1S/C22H24N4O2.C7H14.2C2H6/c27-14-23-18-11-12-19-20(13-18)26-21(25-19)15-7-9-17(10-8-15)24-22(28)16-5-3-1-2-4-6-16;1-6-4-3-5-7(6)2;2*1-2/h7-14,16H,1-6H2,(H,23,27)(H,24,28)(H,25,26);6-7H,3-5H2,1-2H3;2*1-2H3. The number of fused-ring (bicyclic) bond motifs is 1. The molecule has 2 aliphatic rings. The van der Waals surface area contributed by atoms with Gasteiger partial charge in [0.2, 0.25) is 12.3 Å². The van der Waals surface area contributed by atoms with Gasteiger partial charge in [0.25, 0.3) is 0 Å². The molecule has 39 heavy (non-hydrogen) atoms. The molecule has 0 spiro atoms. The fourth-order valence-corrected chi connectivity index (χ4v) is 5.13. The zero-order valence-corrected chi connectivity index (χ0v) is 25.0. The lowest BCUT2D eigenvalue weighted by atomic mass is 9.99. The molecule has 214 valence electrons. The summed E-state index contributed by atoms with van der Waals surface area (Å²) in [5, 5.41) is 5.69. The second-order valence-electron chi connectivity index (χ2n) is 10.2. The maximum absolute atomic E-state index is 12.5. The molecule has 6 heteroatoms. The highest BCUT2D eigenvalue weighted by Gasteiger charge is 2.20. The number of H-pyrrole nitrogens is 1. The van der Waals surface area contributed by atoms with Crippen LogP contribution in [0.4, 0.5) is 11.4 Å². The monoisotopic (exact) mass is 534 g/mol. The van der Waals surface area contributed by atoms with Crippen molar-refractivity contribution < 1.29 is 9.59 Å². The Morgan fingerprint density at radius 2 is 1.41 bits per heavy atom. The number of imidazole rings is 1. The molecule has 2 amide bonds. The van der Waals surface area contributed by atoms with Gasteiger partial charge in [0, 0.05) is 22.9 Å². The van der Waals surface area contributed by atoms with E-state index in [0.29, 0.717) is 12.1 Å². The van der Waals surface area contributed by atoms with Crippen LogP contribution < -0.4 is 10.6 Å². The van der Waals surface area contributed by atoms with Crippen LogP contribution in [0.25, 0.3) is 22.4 Å². The quantitative estimate of drug-likeness (QED) is 0.225. The summed E-state index contributed by atoms with van der Waals surface area (Å²) in [5.74, 6) is 3.04. The Kier molecular flexibility index (Phi) is 14.3. The molecule has 1 aromatic heterocycles. The van der Waals surface area contributed by atoms with Gasteiger partial charge in [0.05, 0.1) is 11.0 Å². The third-order valence-corrected chi connectivity index (χ3v) is 7.65. The predicted octanol–water partition coefficient (Wildman–Crippen LogP) is 9.20. The lowest BCUT2D eigenvalue weighted by molar-refractivity contribution is -0.120. The number of nitrogens with zero attached hydrogens (tertiary/aromatic N) is 1. The Morgan fingerprint density at radius 1 is 0.821 bits per heavy atom. The smallest absolute Gasteiger partial charge is 0.227 e. The first-order chi connectivity index (χ1) is 19.0. The summed E-state index contributed by atoms with van der Waals surface area (Å²) >= 11 is 0. The molecule has 2 saturated carbocycles. The Labute approximate surface area is 235 Å². The number of carbonyl (C=O) groups is 2. The number of nitrogens with one attached hydrogen (secondary N) is 3. The largest absolute Gasteiger partial charge is 0.338 e. The minimum atomic E-state index is 0.131. The van der Waals surface area contributed by atoms with E-state index in [1.165, 1.54) is 32.1 Å². The van der Waals surface area contributed by atoms with E-state index in [0.717, 1.165) is 65.6 Å². The summed E-state index contributed by atoms with van der Waals surface area (Å²) in [5.41, 5.74) is 4.15. The molecule has 2 aliphatic carbocycles. The molecule has 2 atom stereocenters. The summed E-state index contributed by atoms with van der Waals surface area (Å²) < 4.78 is 0. The minimum Gasteiger partial charge on any atom is -0.338 e. The number of rotatable bonds is 5. The van der Waals surface area contributed by atoms with Crippen LogP contribution in [0.2, 0.25) is 0 Å². The summed E-state index contributed by atoms with van der Waals surface area (Å²) in [4.78, 5) is 31.0. The lowest BCUT2D eigenvalue weighted by Crippen LogP contribution is -2.22. The predicted molar refractivity (Wildman–Crippen MR) is 166 cm³/mol. The Hall–Kier alpha value is -3.15. The third kappa shape index (κ3) is 9.83. The van der Waals surface area contributed by atoms with E-state index in [4.69, 9.17) is 0 Å². The number of aromatic nitrogens is 2. The van der Waals surface area contributed by atoms with Crippen LogP contribution in [0.15, 0.2) is 42.5 Å². The average molecular weight is 535 g/mol. The van der Waals surface area contributed by atoms with E-state index < -0.39 is 0 Å². The minimum absolute atomic E-state index is 0.131. The summed E-state index contributed by atoms with van der Waals surface area (Å²) in [6.45, 7) is 12.7. The molecule has 6 nitrogen and oxygen atoms in total. The van der Waals surface area contributed by atoms with Gasteiger partial charge < -0.3 is 15.6 Å². The Balaban J connectivity index is 0.000000412. The SMILES string of the molecule is CC.CC.CC1CCCC1C.O=CNc1ccc2nc(-c3ccc(NC(=O)C4CCCCCC4)cc3)[nH]c2c1. The molecule has 2 unspecified atom stereocenters. The van der Waals surface area contributed by atoms with E-state index >= 15 is 0 Å². The molecule has 3 N–H and O–H groups in total. The van der Waals surface area contributed by atoms with Crippen molar-refractivity contribution in [1.29, 1.82) is 0 Å². The van der Waals surface area contributed by atoms with Gasteiger partial charge in [-0.3, -0.25) is 9.59 Å². The van der Waals surface area contributed by atoms with E-state index in [-0.39, 0.29) is 11.8 Å². The van der Waals surface area contributed by atoms with Crippen molar-refractivity contribution in [3.05, 3.63) is 42.5 Å². The van der Waals surface area contributed by atoms with Gasteiger partial charge in [-0.05, 0) is 67.1 Å². The Bertz CT molecular complexity index is 1110. The fraction of sp³-hybridized carbons (Fsp3) is 0.545. The molecule has 0 radical (unpaired) electrons. The number of benzene rings is 2. The molecule has 0 aliphatic heterocycles. The van der Waals surface area contributed by atoms with Crippen molar-refractivity contribution in [1.82, 2.24) is 9.97 Å². The molecule has 2 fully saturated rings. The molecule has 2 aromatic carbocycles. The first kappa shape index (κ1) is 32.1. The van der Waals surface area contributed by atoms with E-state index in [1.807, 2.05) is 70.2 Å². The second-order valence-corrected chi connectivity index (χ2v) is 10.2. The van der Waals surface area contributed by atoms with Crippen LogP contribution in [0.3, 0.4) is 0 Å². The first-order valence-corrected chi connectivity index (χ1v) is 15.1. The summed E-state index contributed by atoms with van der Waals surface area (Å²) in [7, 11) is 0. The van der Waals surface area contributed by atoms with E-state index in [2.05, 4.69) is 34.4 Å². The highest BCUT2D eigenvalue weighted by atomic mass is 16.2. The number of anilines is 2. The van der Waals surface area contributed by atoms with E-state index in [9.17, 15) is 9.59 Å². The number of carbonyl (C=O) groups excluding carboxylic acids is 2. The van der Waals surface area contributed by atoms with Gasteiger partial charge in [-0.1, -0.05) is 86.5 Å². The van der Waals surface area contributed by atoms with Crippen molar-refractivity contribution >= 4 is 34.7 Å². The van der Waals surface area contributed by atoms with Crippen LogP contribution in [0, 0.1) is 17.8 Å². The van der Waals surface area contributed by atoms with Gasteiger partial charge >= 0.3 is 0 Å². The summed E-state index contributed by atoms with van der Waals surface area (Å²) in [6, 6.07) is 13.3. The maximum Gasteiger partial charge on any atom is 0.227 e. The van der Waals surface area contributed by atoms with Gasteiger partial charge in [-0.15, -0.1) is 0 Å². The van der Waals surface area contributed by atoms with Crippen LogP contribution >= 0.6 is 0 Å². The van der Waals surface area contributed by atoms with E-state index in [1.54, 1.807) is 0 Å². The van der Waals surface area contributed by atoms with Crippen LogP contribution in [0.1, 0.15) is 99.3 Å². The highest BCUT2D eigenvalue weighted by Crippen LogP contribution is 2.30. The lowest BCUT2D eigenvalue weighted by Gasteiger charge is -2.14. The topological polar surface area (TPSA) is 86.9 Å². The van der Waals surface area contributed by atoms with Crippen molar-refractivity contribution in [2.75, 3.05) is 10.6 Å². The zero-order valence-electron chi connectivity index (χ0n) is 25.0. The maximum atomic E-state index is 12.5. The van der Waals surface area contributed by atoms with Gasteiger partial charge in [0.15, 0.2) is 0 Å². The summed E-state index contributed by atoms with van der Waals surface area (Å²) in [6.07, 6.45) is 11.8. The normalized spacial score (nSPS) is 18.7. The first-order valence-electron chi connectivity index (χ1n) is 15.1. The van der Waals surface area contributed by atoms with Crippen molar-refractivity contribution in [3.8, 4) is 11.4 Å². The highest BCUT2D eigenvalue weighted by molar-refractivity contribution is 5.93. The number of hydrogen-bond acceptors (Lipinski definition) is 3. The van der Waals surface area contributed by atoms with Crippen molar-refractivity contribution in [3.63, 3.8) is 0 Å². The fourth-order valence-electron chi connectivity index (χ4n) is 5.13. The molecule has 0 bridgehead atoms. The second kappa shape index (κ2) is 17.4. The third-order valence-electron chi connectivity index (χ3n) is 7.65. The van der Waals surface area contributed by atoms with Crippen LogP contribution in [-0.2, 0) is 9.59 Å².